The van der Waals surface area contributed by atoms with Crippen molar-refractivity contribution in [2.24, 2.45) is 0 Å². The summed E-state index contributed by atoms with van der Waals surface area (Å²) in [6.45, 7) is 5.89. The van der Waals surface area contributed by atoms with Crippen LogP contribution in [0.1, 0.15) is 38.3 Å². The molecule has 0 aromatic heterocycles. The van der Waals surface area contributed by atoms with Crippen LogP contribution in [0.2, 0.25) is 0 Å². The maximum atomic E-state index is 12.7. The minimum atomic E-state index is -0.806. The summed E-state index contributed by atoms with van der Waals surface area (Å²) < 4.78 is 24.7. The summed E-state index contributed by atoms with van der Waals surface area (Å²) in [5, 5.41) is 0. The van der Waals surface area contributed by atoms with Gasteiger partial charge in [-0.3, -0.25) is 4.79 Å². The van der Waals surface area contributed by atoms with Crippen molar-refractivity contribution in [1.82, 2.24) is 4.90 Å². The second kappa shape index (κ2) is 10.1. The van der Waals surface area contributed by atoms with Crippen LogP contribution in [0.5, 0.6) is 0 Å². The Labute approximate surface area is 194 Å². The fraction of sp³-hybridized carbons (Fsp3) is 0.462. The Morgan fingerprint density at radius 2 is 1.70 bits per heavy atom. The fourth-order valence-corrected chi connectivity index (χ4v) is 4.55. The first-order valence-corrected chi connectivity index (χ1v) is 11.3. The van der Waals surface area contributed by atoms with Crippen molar-refractivity contribution < 1.29 is 28.5 Å². The second-order valence-electron chi connectivity index (χ2n) is 8.93. The first kappa shape index (κ1) is 23.6. The van der Waals surface area contributed by atoms with Crippen LogP contribution in [-0.4, -0.2) is 53.5 Å². The number of nitrogens with zero attached hydrogens (tertiary/aromatic N) is 1. The first-order valence-electron chi connectivity index (χ1n) is 11.3. The highest BCUT2D eigenvalue weighted by Gasteiger charge is 2.58. The van der Waals surface area contributed by atoms with Crippen LogP contribution in [0.25, 0.3) is 0 Å². The molecule has 2 aromatic carbocycles. The number of hydrogen-bond donors (Lipinski definition) is 0. The van der Waals surface area contributed by atoms with E-state index in [0.29, 0.717) is 13.2 Å². The SMILES string of the molecule is CC(=O)N(Cc1ccccc1)C(CC=O)[C@H]1O[C@@H]2OC(C)(C)O[C@@H]2[C@@H]1OCc1ccccc1. The predicted molar refractivity (Wildman–Crippen MR) is 121 cm³/mol. The molecular formula is C26H31NO6. The Kier molecular flexibility index (Phi) is 7.24. The van der Waals surface area contributed by atoms with Gasteiger partial charge < -0.3 is 28.6 Å². The molecule has 1 unspecified atom stereocenters. The van der Waals surface area contributed by atoms with Crippen LogP contribution in [-0.2, 0) is 41.7 Å². The van der Waals surface area contributed by atoms with Crippen molar-refractivity contribution >= 4 is 12.2 Å². The topological polar surface area (TPSA) is 74.3 Å². The number of fused-ring (bicyclic) bond motifs is 1. The molecule has 1 amide bonds. The molecule has 0 N–H and O–H groups in total. The molecule has 0 aliphatic carbocycles. The summed E-state index contributed by atoms with van der Waals surface area (Å²) >= 11 is 0. The minimum Gasteiger partial charge on any atom is -0.368 e. The second-order valence-corrected chi connectivity index (χ2v) is 8.93. The van der Waals surface area contributed by atoms with E-state index in [-0.39, 0.29) is 12.3 Å². The van der Waals surface area contributed by atoms with Crippen LogP contribution in [0.3, 0.4) is 0 Å². The molecule has 0 bridgehead atoms. The fourth-order valence-electron chi connectivity index (χ4n) is 4.55. The summed E-state index contributed by atoms with van der Waals surface area (Å²) in [7, 11) is 0. The number of hydrogen-bond acceptors (Lipinski definition) is 6. The van der Waals surface area contributed by atoms with Gasteiger partial charge in [0, 0.05) is 19.9 Å². The van der Waals surface area contributed by atoms with Gasteiger partial charge in [0.05, 0.1) is 12.6 Å². The molecule has 0 radical (unpaired) electrons. The molecule has 2 fully saturated rings. The molecule has 2 aliphatic heterocycles. The van der Waals surface area contributed by atoms with Gasteiger partial charge in [-0.1, -0.05) is 60.7 Å². The Bertz CT molecular complexity index is 934. The zero-order valence-electron chi connectivity index (χ0n) is 19.3. The number of amides is 1. The van der Waals surface area contributed by atoms with E-state index in [9.17, 15) is 9.59 Å². The molecule has 2 saturated heterocycles. The molecule has 2 heterocycles. The molecule has 7 nitrogen and oxygen atoms in total. The lowest BCUT2D eigenvalue weighted by atomic mass is 9.98. The molecule has 4 rings (SSSR count). The van der Waals surface area contributed by atoms with Crippen molar-refractivity contribution in [2.75, 3.05) is 0 Å². The summed E-state index contributed by atoms with van der Waals surface area (Å²) in [4.78, 5) is 26.1. The van der Waals surface area contributed by atoms with Gasteiger partial charge in [0.15, 0.2) is 12.1 Å². The van der Waals surface area contributed by atoms with Gasteiger partial charge >= 0.3 is 0 Å². The standard InChI is InChI=1S/C26H31NO6/c1-18(29)27(16-19-10-6-4-7-11-19)21(14-15-28)22-23(30-17-20-12-8-5-9-13-20)24-25(31-22)33-26(2,3)32-24/h4-13,15,21-25H,14,16-17H2,1-3H3/t21?,22-,23-,24-,25-/m1/s1. The monoisotopic (exact) mass is 453 g/mol. The van der Waals surface area contributed by atoms with Crippen molar-refractivity contribution in [3.8, 4) is 0 Å². The predicted octanol–water partition coefficient (Wildman–Crippen LogP) is 3.45. The lowest BCUT2D eigenvalue weighted by Crippen LogP contribution is -2.52. The van der Waals surface area contributed by atoms with Gasteiger partial charge in [-0.2, -0.15) is 0 Å². The Hall–Kier alpha value is -2.58. The van der Waals surface area contributed by atoms with Gasteiger partial charge in [-0.05, 0) is 25.0 Å². The number of aldehydes is 1. The molecule has 5 atom stereocenters. The zero-order valence-corrected chi connectivity index (χ0v) is 19.3. The normalized spacial score (nSPS) is 26.5. The quantitative estimate of drug-likeness (QED) is 0.542. The molecule has 7 heteroatoms. The highest BCUT2D eigenvalue weighted by molar-refractivity contribution is 5.74. The maximum Gasteiger partial charge on any atom is 0.220 e. The van der Waals surface area contributed by atoms with E-state index in [0.717, 1.165) is 17.4 Å². The molecule has 33 heavy (non-hydrogen) atoms. The number of ether oxygens (including phenoxy) is 4. The van der Waals surface area contributed by atoms with Gasteiger partial charge in [-0.15, -0.1) is 0 Å². The molecular weight excluding hydrogens is 422 g/mol. The average Bonchev–Trinajstić information content (AvgIpc) is 3.27. The third-order valence-corrected chi connectivity index (χ3v) is 6.03. The first-order chi connectivity index (χ1) is 15.9. The van der Waals surface area contributed by atoms with Crippen LogP contribution in [0, 0.1) is 0 Å². The lowest BCUT2D eigenvalue weighted by Gasteiger charge is -2.37. The zero-order chi connectivity index (χ0) is 23.4. The van der Waals surface area contributed by atoms with Gasteiger partial charge in [0.1, 0.15) is 24.6 Å². The number of carbonyl (C=O) groups is 2. The van der Waals surface area contributed by atoms with Gasteiger partial charge in [-0.25, -0.2) is 0 Å². The Balaban J connectivity index is 1.60. The van der Waals surface area contributed by atoms with Crippen LogP contribution >= 0.6 is 0 Å². The third kappa shape index (κ3) is 5.50. The van der Waals surface area contributed by atoms with E-state index in [1.54, 1.807) is 4.90 Å². The van der Waals surface area contributed by atoms with Crippen molar-refractivity contribution in [3.63, 3.8) is 0 Å². The number of rotatable bonds is 9. The molecule has 2 aliphatic rings. The average molecular weight is 454 g/mol. The number of carbonyl (C=O) groups excluding carboxylic acids is 2. The molecule has 176 valence electrons. The van der Waals surface area contributed by atoms with Crippen LogP contribution in [0.15, 0.2) is 60.7 Å². The minimum absolute atomic E-state index is 0.116. The Morgan fingerprint density at radius 1 is 1.06 bits per heavy atom. The molecule has 2 aromatic rings. The van der Waals surface area contributed by atoms with Crippen molar-refractivity contribution in [2.45, 2.75) is 76.8 Å². The van der Waals surface area contributed by atoms with Crippen LogP contribution in [0.4, 0.5) is 0 Å². The molecule has 0 saturated carbocycles. The molecule has 0 spiro atoms. The number of benzene rings is 2. The van der Waals surface area contributed by atoms with Crippen LogP contribution < -0.4 is 0 Å². The van der Waals surface area contributed by atoms with E-state index in [1.807, 2.05) is 74.5 Å². The Morgan fingerprint density at radius 3 is 2.30 bits per heavy atom. The van der Waals surface area contributed by atoms with E-state index in [2.05, 4.69) is 0 Å². The van der Waals surface area contributed by atoms with Gasteiger partial charge in [0.25, 0.3) is 0 Å². The van der Waals surface area contributed by atoms with E-state index >= 15 is 0 Å². The van der Waals surface area contributed by atoms with E-state index in [1.165, 1.54) is 6.92 Å². The lowest BCUT2D eigenvalue weighted by molar-refractivity contribution is -0.227. The summed E-state index contributed by atoms with van der Waals surface area (Å²) in [5.74, 6) is -0.950. The van der Waals surface area contributed by atoms with E-state index < -0.39 is 36.4 Å². The van der Waals surface area contributed by atoms with Gasteiger partial charge in [0.2, 0.25) is 5.91 Å². The summed E-state index contributed by atoms with van der Waals surface area (Å²) in [6.07, 6.45) is -1.26. The smallest absolute Gasteiger partial charge is 0.220 e. The maximum absolute atomic E-state index is 12.7. The summed E-state index contributed by atoms with van der Waals surface area (Å²) in [6, 6.07) is 19.0. The summed E-state index contributed by atoms with van der Waals surface area (Å²) in [5.41, 5.74) is 1.98. The third-order valence-electron chi connectivity index (χ3n) is 6.03. The highest BCUT2D eigenvalue weighted by Crippen LogP contribution is 2.41. The van der Waals surface area contributed by atoms with Crippen molar-refractivity contribution in [3.05, 3.63) is 71.8 Å². The largest absolute Gasteiger partial charge is 0.368 e. The van der Waals surface area contributed by atoms with Crippen molar-refractivity contribution in [1.29, 1.82) is 0 Å². The van der Waals surface area contributed by atoms with E-state index in [4.69, 9.17) is 18.9 Å². The highest BCUT2D eigenvalue weighted by atomic mass is 16.8.